The Bertz CT molecular complexity index is 1160. The van der Waals surface area contributed by atoms with Crippen LogP contribution in [0.2, 0.25) is 0 Å². The molecule has 1 unspecified atom stereocenters. The van der Waals surface area contributed by atoms with Crippen molar-refractivity contribution >= 4 is 34.7 Å². The van der Waals surface area contributed by atoms with Crippen LogP contribution in [0.1, 0.15) is 35.7 Å². The molecule has 2 aromatic rings. The number of β-amino-alcohol motifs (C(OH)–C–C–N with tert-alkyl or cyclic N) is 1. The summed E-state index contributed by atoms with van der Waals surface area (Å²) in [7, 11) is 0. The van der Waals surface area contributed by atoms with Crippen molar-refractivity contribution in [2.24, 2.45) is 4.99 Å². The lowest BCUT2D eigenvalue weighted by atomic mass is 10.0. The summed E-state index contributed by atoms with van der Waals surface area (Å²) in [4.78, 5) is 37.1. The molecule has 4 heterocycles. The van der Waals surface area contributed by atoms with Gasteiger partial charge in [0.15, 0.2) is 5.78 Å². The summed E-state index contributed by atoms with van der Waals surface area (Å²) in [5.41, 5.74) is 3.36. The molecule has 9 heteroatoms. The van der Waals surface area contributed by atoms with Crippen molar-refractivity contribution in [3.63, 3.8) is 0 Å². The van der Waals surface area contributed by atoms with Gasteiger partial charge in [0.1, 0.15) is 17.5 Å². The molecule has 1 amide bonds. The number of benzene rings is 1. The summed E-state index contributed by atoms with van der Waals surface area (Å²) >= 11 is 0. The Hall–Kier alpha value is -3.72. The first-order valence-corrected chi connectivity index (χ1v) is 11.1. The Labute approximate surface area is 191 Å². The monoisotopic (exact) mass is 446 g/mol. The quantitative estimate of drug-likeness (QED) is 0.488. The molecule has 0 bridgehead atoms. The summed E-state index contributed by atoms with van der Waals surface area (Å²) in [5, 5.41) is 16.1. The van der Waals surface area contributed by atoms with Crippen molar-refractivity contribution in [1.82, 2.24) is 9.88 Å². The second-order valence-electron chi connectivity index (χ2n) is 8.46. The highest BCUT2D eigenvalue weighted by Crippen LogP contribution is 2.34. The molecule has 1 aromatic carbocycles. The van der Waals surface area contributed by atoms with E-state index in [1.165, 1.54) is 13.1 Å². The van der Waals surface area contributed by atoms with Crippen LogP contribution in [0.5, 0.6) is 0 Å². The van der Waals surface area contributed by atoms with Crippen LogP contribution in [-0.2, 0) is 4.79 Å². The molecule has 0 aliphatic carbocycles. The number of aliphatic hydroxyl groups is 1. The third kappa shape index (κ3) is 4.31. The number of carbonyl (C=O) groups is 2. The number of hydrogen-bond donors (Lipinski definition) is 3. The lowest BCUT2D eigenvalue weighted by Gasteiger charge is -2.35. The number of pyridine rings is 1. The summed E-state index contributed by atoms with van der Waals surface area (Å²) in [6, 6.07) is 9.44. The first-order chi connectivity index (χ1) is 16.0. The molecule has 170 valence electrons. The van der Waals surface area contributed by atoms with E-state index in [0.717, 1.165) is 42.2 Å². The molecule has 3 aliphatic rings. The average Bonchev–Trinajstić information content (AvgIpc) is 3.29. The van der Waals surface area contributed by atoms with Gasteiger partial charge in [0.25, 0.3) is 0 Å². The lowest BCUT2D eigenvalue weighted by Crippen LogP contribution is -2.39. The predicted molar refractivity (Wildman–Crippen MR) is 127 cm³/mol. The van der Waals surface area contributed by atoms with Gasteiger partial charge in [0, 0.05) is 55.6 Å². The Balaban J connectivity index is 1.41. The van der Waals surface area contributed by atoms with E-state index >= 15 is 0 Å². The number of aromatic nitrogens is 1. The fourth-order valence-electron chi connectivity index (χ4n) is 4.45. The molecule has 5 rings (SSSR count). The van der Waals surface area contributed by atoms with E-state index in [4.69, 9.17) is 0 Å². The highest BCUT2D eigenvalue weighted by molar-refractivity contribution is 6.10. The Morgan fingerprint density at radius 2 is 2.12 bits per heavy atom. The second-order valence-corrected chi connectivity index (χ2v) is 8.46. The summed E-state index contributed by atoms with van der Waals surface area (Å²) in [6.45, 7) is 4.29. The zero-order valence-corrected chi connectivity index (χ0v) is 18.4. The van der Waals surface area contributed by atoms with Crippen LogP contribution in [0, 0.1) is 0 Å². The molecule has 0 saturated carbocycles. The number of nitrogens with one attached hydrogen (secondary N) is 2. The SMILES string of the molecule is CC(=O)Nc1ccc(C(=O)/C=C2\Nc3cc(N4CCCC(O)C4)ccc3C3=NCCN32)cn1. The van der Waals surface area contributed by atoms with Crippen molar-refractivity contribution in [2.75, 3.05) is 41.7 Å². The number of amidine groups is 1. The lowest BCUT2D eigenvalue weighted by molar-refractivity contribution is -0.114. The molecule has 1 saturated heterocycles. The second kappa shape index (κ2) is 8.67. The summed E-state index contributed by atoms with van der Waals surface area (Å²) in [6.07, 6.45) is 4.51. The molecular weight excluding hydrogens is 420 g/mol. The van der Waals surface area contributed by atoms with Crippen LogP contribution >= 0.6 is 0 Å². The highest BCUT2D eigenvalue weighted by atomic mass is 16.3. The minimum atomic E-state index is -0.309. The highest BCUT2D eigenvalue weighted by Gasteiger charge is 2.30. The van der Waals surface area contributed by atoms with Crippen LogP contribution in [0.3, 0.4) is 0 Å². The fraction of sp³-hybridized carbons (Fsp3) is 0.333. The molecule has 1 aromatic heterocycles. The van der Waals surface area contributed by atoms with Crippen LogP contribution in [-0.4, -0.2) is 64.8 Å². The van der Waals surface area contributed by atoms with Gasteiger partial charge in [-0.1, -0.05) is 0 Å². The number of nitrogens with zero attached hydrogens (tertiary/aromatic N) is 4. The number of amides is 1. The summed E-state index contributed by atoms with van der Waals surface area (Å²) < 4.78 is 0. The zero-order chi connectivity index (χ0) is 22.9. The van der Waals surface area contributed by atoms with E-state index in [1.54, 1.807) is 18.2 Å². The molecule has 1 fully saturated rings. The molecule has 1 atom stereocenters. The van der Waals surface area contributed by atoms with Gasteiger partial charge < -0.3 is 25.5 Å². The van der Waals surface area contributed by atoms with Crippen molar-refractivity contribution in [3.8, 4) is 0 Å². The Morgan fingerprint density at radius 1 is 1.24 bits per heavy atom. The molecule has 9 nitrogen and oxygen atoms in total. The van der Waals surface area contributed by atoms with Crippen LogP contribution in [0.15, 0.2) is 53.4 Å². The maximum atomic E-state index is 13.0. The van der Waals surface area contributed by atoms with E-state index in [1.807, 2.05) is 4.90 Å². The number of ketones is 1. The number of carbonyl (C=O) groups excluding carboxylic acids is 2. The van der Waals surface area contributed by atoms with Gasteiger partial charge in [0.2, 0.25) is 5.91 Å². The van der Waals surface area contributed by atoms with Crippen molar-refractivity contribution in [2.45, 2.75) is 25.9 Å². The van der Waals surface area contributed by atoms with Gasteiger partial charge in [-0.15, -0.1) is 0 Å². The normalized spacial score (nSPS) is 20.6. The number of aliphatic hydroxyl groups excluding tert-OH is 1. The number of aliphatic imine (C=N–C) groups is 1. The van der Waals surface area contributed by atoms with E-state index in [9.17, 15) is 14.7 Å². The van der Waals surface area contributed by atoms with E-state index in [2.05, 4.69) is 43.7 Å². The number of fused-ring (bicyclic) bond motifs is 3. The van der Waals surface area contributed by atoms with Crippen LogP contribution in [0.25, 0.3) is 0 Å². The first kappa shape index (κ1) is 21.1. The Kier molecular flexibility index (Phi) is 5.55. The molecule has 0 radical (unpaired) electrons. The predicted octanol–water partition coefficient (Wildman–Crippen LogP) is 2.21. The number of piperidine rings is 1. The first-order valence-electron chi connectivity index (χ1n) is 11.1. The van der Waals surface area contributed by atoms with Crippen LogP contribution in [0.4, 0.5) is 17.2 Å². The number of allylic oxidation sites excluding steroid dienone is 1. The topological polar surface area (TPSA) is 110 Å². The number of hydrogen-bond acceptors (Lipinski definition) is 8. The van der Waals surface area contributed by atoms with Gasteiger partial charge in [-0.3, -0.25) is 14.6 Å². The maximum absolute atomic E-state index is 13.0. The Morgan fingerprint density at radius 3 is 2.88 bits per heavy atom. The molecule has 0 spiro atoms. The molecule has 33 heavy (non-hydrogen) atoms. The molecule has 3 aliphatic heterocycles. The van der Waals surface area contributed by atoms with Gasteiger partial charge >= 0.3 is 0 Å². The third-order valence-corrected chi connectivity index (χ3v) is 6.02. The molecule has 3 N–H and O–H groups in total. The van der Waals surface area contributed by atoms with E-state index in [-0.39, 0.29) is 17.8 Å². The zero-order valence-electron chi connectivity index (χ0n) is 18.4. The smallest absolute Gasteiger partial charge is 0.222 e. The van der Waals surface area contributed by atoms with Gasteiger partial charge in [-0.25, -0.2) is 4.98 Å². The van der Waals surface area contributed by atoms with Gasteiger partial charge in [0.05, 0.1) is 18.3 Å². The fourth-order valence-corrected chi connectivity index (χ4v) is 4.45. The number of rotatable bonds is 4. The van der Waals surface area contributed by atoms with E-state index < -0.39 is 0 Å². The van der Waals surface area contributed by atoms with E-state index in [0.29, 0.717) is 36.8 Å². The van der Waals surface area contributed by atoms with Crippen LogP contribution < -0.4 is 15.5 Å². The standard InChI is InChI=1S/C24H26N6O3/c1-15(31)27-22-7-4-16(13-26-22)21(33)12-23-28-20-11-17(29-9-2-3-18(32)14-29)5-6-19(20)24-25-8-10-30(23)24/h4-7,11-13,18,28,32H,2-3,8-10,14H2,1H3,(H,26,27,31)/b23-12+. The summed E-state index contributed by atoms with van der Waals surface area (Å²) in [5.74, 6) is 1.52. The van der Waals surface area contributed by atoms with Crippen molar-refractivity contribution in [3.05, 3.63) is 59.6 Å². The van der Waals surface area contributed by atoms with Gasteiger partial charge in [-0.05, 0) is 43.2 Å². The largest absolute Gasteiger partial charge is 0.391 e. The van der Waals surface area contributed by atoms with Crippen molar-refractivity contribution < 1.29 is 14.7 Å². The number of anilines is 3. The minimum Gasteiger partial charge on any atom is -0.391 e. The molecular formula is C24H26N6O3. The van der Waals surface area contributed by atoms with Crippen molar-refractivity contribution in [1.29, 1.82) is 0 Å². The minimum absolute atomic E-state index is 0.190. The average molecular weight is 447 g/mol. The third-order valence-electron chi connectivity index (χ3n) is 6.02. The van der Waals surface area contributed by atoms with Gasteiger partial charge in [-0.2, -0.15) is 0 Å². The maximum Gasteiger partial charge on any atom is 0.222 e.